The van der Waals surface area contributed by atoms with E-state index in [1.165, 1.54) is 6.42 Å². The third kappa shape index (κ3) is 2.83. The van der Waals surface area contributed by atoms with E-state index in [2.05, 4.69) is 15.3 Å². The average Bonchev–Trinajstić information content (AvgIpc) is 3.16. The van der Waals surface area contributed by atoms with E-state index >= 15 is 0 Å². The van der Waals surface area contributed by atoms with Gasteiger partial charge in [0, 0.05) is 17.2 Å². The molecule has 1 aromatic carbocycles. The normalized spacial score (nSPS) is 25.0. The Morgan fingerprint density at radius 1 is 1.17 bits per heavy atom. The first-order valence-corrected chi connectivity index (χ1v) is 7.99. The van der Waals surface area contributed by atoms with Crippen molar-refractivity contribution in [3.63, 3.8) is 0 Å². The molecule has 1 aromatic heterocycles. The van der Waals surface area contributed by atoms with Gasteiger partial charge in [-0.05, 0) is 55.7 Å². The number of carbonyl (C=O) groups excluding carboxylic acids is 1. The molecule has 1 heterocycles. The fourth-order valence-corrected chi connectivity index (χ4v) is 3.57. The number of anilines is 1. The summed E-state index contributed by atoms with van der Waals surface area (Å²) in [6.07, 6.45) is 5.66. The molecule has 4 rings (SSSR count). The van der Waals surface area contributed by atoms with Crippen molar-refractivity contribution in [2.45, 2.75) is 26.2 Å². The van der Waals surface area contributed by atoms with Crippen LogP contribution in [0.3, 0.4) is 0 Å². The third-order valence-corrected chi connectivity index (χ3v) is 4.98. The van der Waals surface area contributed by atoms with Crippen molar-refractivity contribution in [1.82, 2.24) is 9.97 Å². The van der Waals surface area contributed by atoms with Crippen molar-refractivity contribution < 1.29 is 9.18 Å². The van der Waals surface area contributed by atoms with Crippen LogP contribution >= 0.6 is 0 Å². The van der Waals surface area contributed by atoms with Gasteiger partial charge in [0.2, 0.25) is 5.91 Å². The molecule has 118 valence electrons. The number of carbonyl (C=O) groups is 1. The topological polar surface area (TPSA) is 54.9 Å². The molecule has 2 saturated carbocycles. The number of fused-ring (bicyclic) bond motifs is 1. The maximum atomic E-state index is 13.0. The van der Waals surface area contributed by atoms with Crippen LogP contribution in [0.2, 0.25) is 0 Å². The van der Waals surface area contributed by atoms with Gasteiger partial charge in [-0.2, -0.15) is 0 Å². The van der Waals surface area contributed by atoms with Crippen LogP contribution in [0.4, 0.5) is 10.1 Å². The second-order valence-electron chi connectivity index (χ2n) is 6.67. The molecule has 1 unspecified atom stereocenters. The first-order valence-electron chi connectivity index (χ1n) is 7.99. The van der Waals surface area contributed by atoms with E-state index in [4.69, 9.17) is 0 Å². The Morgan fingerprint density at radius 2 is 1.87 bits per heavy atom. The number of hydrogen-bond acceptors (Lipinski definition) is 3. The van der Waals surface area contributed by atoms with E-state index < -0.39 is 5.82 Å². The number of hydrogen-bond donors (Lipinski definition) is 1. The highest BCUT2D eigenvalue weighted by Gasteiger charge is 2.47. The van der Waals surface area contributed by atoms with Gasteiger partial charge in [-0.3, -0.25) is 4.79 Å². The SMILES string of the molecule is Cc1ccc(NC(=O)C2C[C@@H]3C[C@@H]3C2)cc1-c1ncc(F)cn1. The zero-order chi connectivity index (χ0) is 16.0. The Labute approximate surface area is 134 Å². The van der Waals surface area contributed by atoms with E-state index in [9.17, 15) is 9.18 Å². The summed E-state index contributed by atoms with van der Waals surface area (Å²) >= 11 is 0. The van der Waals surface area contributed by atoms with Crippen LogP contribution in [0, 0.1) is 30.5 Å². The number of halogens is 1. The van der Waals surface area contributed by atoms with Crippen LogP contribution in [-0.4, -0.2) is 15.9 Å². The standard InChI is InChI=1S/C18H18FN3O/c1-10-2-3-15(7-16(10)17-20-8-14(19)9-21-17)22-18(23)13-5-11-4-12(11)6-13/h2-3,7-9,11-13H,4-6H2,1H3,(H,22,23)/t11-,12+,13?. The van der Waals surface area contributed by atoms with Crippen molar-refractivity contribution >= 4 is 11.6 Å². The lowest BCUT2D eigenvalue weighted by molar-refractivity contribution is -0.120. The molecule has 1 N–H and O–H groups in total. The van der Waals surface area contributed by atoms with Gasteiger partial charge in [0.1, 0.15) is 0 Å². The van der Waals surface area contributed by atoms with Gasteiger partial charge in [0.25, 0.3) is 0 Å². The quantitative estimate of drug-likeness (QED) is 0.942. The van der Waals surface area contributed by atoms with E-state index in [-0.39, 0.29) is 11.8 Å². The van der Waals surface area contributed by atoms with Crippen molar-refractivity contribution in [2.24, 2.45) is 17.8 Å². The zero-order valence-electron chi connectivity index (χ0n) is 12.9. The number of amides is 1. The smallest absolute Gasteiger partial charge is 0.227 e. The summed E-state index contributed by atoms with van der Waals surface area (Å²) < 4.78 is 13.0. The monoisotopic (exact) mass is 311 g/mol. The largest absolute Gasteiger partial charge is 0.326 e. The molecule has 23 heavy (non-hydrogen) atoms. The van der Waals surface area contributed by atoms with Gasteiger partial charge >= 0.3 is 0 Å². The summed E-state index contributed by atoms with van der Waals surface area (Å²) in [5.74, 6) is 1.81. The van der Waals surface area contributed by atoms with Crippen molar-refractivity contribution in [3.05, 3.63) is 42.0 Å². The summed E-state index contributed by atoms with van der Waals surface area (Å²) in [4.78, 5) is 20.4. The molecule has 2 aliphatic rings. The van der Waals surface area contributed by atoms with E-state index in [1.807, 2.05) is 25.1 Å². The van der Waals surface area contributed by atoms with Crippen LogP contribution in [0.25, 0.3) is 11.4 Å². The van der Waals surface area contributed by atoms with Gasteiger partial charge in [0.15, 0.2) is 11.6 Å². The molecule has 2 aliphatic carbocycles. The molecule has 0 spiro atoms. The second-order valence-corrected chi connectivity index (χ2v) is 6.67. The van der Waals surface area contributed by atoms with Gasteiger partial charge in [-0.25, -0.2) is 14.4 Å². The highest BCUT2D eigenvalue weighted by molar-refractivity contribution is 5.93. The lowest BCUT2D eigenvalue weighted by Crippen LogP contribution is -2.21. The molecular formula is C18H18FN3O. The summed E-state index contributed by atoms with van der Waals surface area (Å²) in [7, 11) is 0. The fraction of sp³-hybridized carbons (Fsp3) is 0.389. The zero-order valence-corrected chi connectivity index (χ0v) is 12.9. The minimum absolute atomic E-state index is 0.104. The summed E-state index contributed by atoms with van der Waals surface area (Å²) in [6.45, 7) is 1.94. The van der Waals surface area contributed by atoms with Gasteiger partial charge < -0.3 is 5.32 Å². The lowest BCUT2D eigenvalue weighted by atomic mass is 10.0. The number of nitrogens with one attached hydrogen (secondary N) is 1. The van der Waals surface area contributed by atoms with Crippen LogP contribution in [0.1, 0.15) is 24.8 Å². The molecule has 0 aliphatic heterocycles. The highest BCUT2D eigenvalue weighted by Crippen LogP contribution is 2.54. The number of rotatable bonds is 3. The molecule has 0 bridgehead atoms. The Kier molecular flexibility index (Phi) is 3.36. The van der Waals surface area contributed by atoms with Gasteiger partial charge in [0.05, 0.1) is 12.4 Å². The number of aryl methyl sites for hydroxylation is 1. The molecular weight excluding hydrogens is 293 g/mol. The van der Waals surface area contributed by atoms with Crippen LogP contribution in [0.15, 0.2) is 30.6 Å². The van der Waals surface area contributed by atoms with E-state index in [0.29, 0.717) is 5.82 Å². The lowest BCUT2D eigenvalue weighted by Gasteiger charge is -2.14. The maximum absolute atomic E-state index is 13.0. The van der Waals surface area contributed by atoms with E-state index in [1.54, 1.807) is 0 Å². The van der Waals surface area contributed by atoms with Crippen molar-refractivity contribution in [1.29, 1.82) is 0 Å². The molecule has 2 fully saturated rings. The Balaban J connectivity index is 1.54. The molecule has 2 aromatic rings. The summed E-state index contributed by atoms with van der Waals surface area (Å²) in [5, 5.41) is 3.01. The van der Waals surface area contributed by atoms with Gasteiger partial charge in [-0.15, -0.1) is 0 Å². The highest BCUT2D eigenvalue weighted by atomic mass is 19.1. The molecule has 3 atom stereocenters. The number of aromatic nitrogens is 2. The first-order chi connectivity index (χ1) is 11.1. The summed E-state index contributed by atoms with van der Waals surface area (Å²) in [6, 6.07) is 5.66. The minimum atomic E-state index is -0.462. The number of nitrogens with zero attached hydrogens (tertiary/aromatic N) is 2. The van der Waals surface area contributed by atoms with Crippen LogP contribution in [-0.2, 0) is 4.79 Å². The second kappa shape index (κ2) is 5.41. The predicted octanol–water partition coefficient (Wildman–Crippen LogP) is 3.58. The van der Waals surface area contributed by atoms with Crippen LogP contribution in [0.5, 0.6) is 0 Å². The van der Waals surface area contributed by atoms with Crippen LogP contribution < -0.4 is 5.32 Å². The molecule has 0 radical (unpaired) electrons. The minimum Gasteiger partial charge on any atom is -0.326 e. The van der Waals surface area contributed by atoms with Gasteiger partial charge in [-0.1, -0.05) is 6.07 Å². The van der Waals surface area contributed by atoms with Crippen molar-refractivity contribution in [2.75, 3.05) is 5.32 Å². The Bertz CT molecular complexity index is 749. The van der Waals surface area contributed by atoms with Crippen molar-refractivity contribution in [3.8, 4) is 11.4 Å². The Morgan fingerprint density at radius 3 is 2.57 bits per heavy atom. The predicted molar refractivity (Wildman–Crippen MR) is 85.1 cm³/mol. The maximum Gasteiger partial charge on any atom is 0.227 e. The molecule has 1 amide bonds. The first kappa shape index (κ1) is 14.3. The molecule has 5 heteroatoms. The third-order valence-electron chi connectivity index (χ3n) is 4.98. The molecule has 4 nitrogen and oxygen atoms in total. The Hall–Kier alpha value is -2.30. The number of benzene rings is 1. The summed E-state index contributed by atoms with van der Waals surface area (Å²) in [5.41, 5.74) is 2.53. The average molecular weight is 311 g/mol. The van der Waals surface area contributed by atoms with E-state index in [0.717, 1.165) is 53.9 Å². The molecule has 0 saturated heterocycles. The fourth-order valence-electron chi connectivity index (χ4n) is 3.57.